The molecule has 1 aliphatic heterocycles. The number of aliphatic hydroxyl groups excluding tert-OH is 1. The van der Waals surface area contributed by atoms with Gasteiger partial charge in [0.05, 0.1) is 17.1 Å². The number of ether oxygens (including phenoxy) is 2. The first-order valence-electron chi connectivity index (χ1n) is 9.14. The third-order valence-electron chi connectivity index (χ3n) is 5.07. The average molecular weight is 358 g/mol. The average Bonchev–Trinajstić information content (AvgIpc) is 2.59. The predicted octanol–water partition coefficient (Wildman–Crippen LogP) is 4.15. The molecule has 5 nitrogen and oxygen atoms in total. The van der Waals surface area contributed by atoms with Crippen molar-refractivity contribution in [3.63, 3.8) is 0 Å². The van der Waals surface area contributed by atoms with Crippen LogP contribution >= 0.6 is 0 Å². The SMILES string of the molecule is C=CC(C)Oc1cc2c(c3oc(=O)cc(CCC)c13)[C@@H](O)[C@H](C)[C@@H](C)O2. The van der Waals surface area contributed by atoms with Crippen molar-refractivity contribution in [2.45, 2.75) is 58.8 Å². The van der Waals surface area contributed by atoms with Crippen molar-refractivity contribution in [3.05, 3.63) is 46.3 Å². The third kappa shape index (κ3) is 3.12. The zero-order valence-electron chi connectivity index (χ0n) is 15.7. The van der Waals surface area contributed by atoms with Gasteiger partial charge in [-0.15, -0.1) is 0 Å². The Balaban J connectivity index is 2.36. The summed E-state index contributed by atoms with van der Waals surface area (Å²) in [6.07, 6.45) is 2.13. The van der Waals surface area contributed by atoms with Crippen LogP contribution in [-0.2, 0) is 6.42 Å². The van der Waals surface area contributed by atoms with E-state index in [-0.39, 0.29) is 18.1 Å². The summed E-state index contributed by atoms with van der Waals surface area (Å²) in [5.74, 6) is 0.954. The van der Waals surface area contributed by atoms with Crippen molar-refractivity contribution in [2.75, 3.05) is 0 Å². The molecule has 26 heavy (non-hydrogen) atoms. The van der Waals surface area contributed by atoms with E-state index in [4.69, 9.17) is 13.9 Å². The van der Waals surface area contributed by atoms with Gasteiger partial charge in [0, 0.05) is 18.1 Å². The molecule has 140 valence electrons. The maximum Gasteiger partial charge on any atom is 0.336 e. The highest BCUT2D eigenvalue weighted by Crippen LogP contribution is 2.46. The summed E-state index contributed by atoms with van der Waals surface area (Å²) in [4.78, 5) is 12.2. The minimum Gasteiger partial charge on any atom is -0.490 e. The van der Waals surface area contributed by atoms with Gasteiger partial charge in [0.1, 0.15) is 23.7 Å². The smallest absolute Gasteiger partial charge is 0.336 e. The highest BCUT2D eigenvalue weighted by molar-refractivity contribution is 5.92. The molecular formula is C21H26O5. The standard InChI is InChI=1S/C21H26O5/c1-6-8-14-9-17(22)26-21-18(14)15(24-11(3)7-2)10-16-19(21)20(23)12(4)13(5)25-16/h7,9-13,20,23H,2,6,8H2,1,3-5H3/t11?,12-,13-,20+/m1/s1. The van der Waals surface area contributed by atoms with E-state index in [1.54, 1.807) is 12.1 Å². The van der Waals surface area contributed by atoms with Gasteiger partial charge >= 0.3 is 5.63 Å². The number of hydrogen-bond acceptors (Lipinski definition) is 5. The Hall–Kier alpha value is -2.27. The molecule has 2 heterocycles. The van der Waals surface area contributed by atoms with Gasteiger partial charge in [0.25, 0.3) is 0 Å². The topological polar surface area (TPSA) is 68.9 Å². The Kier molecular flexibility index (Phi) is 5.10. The molecule has 0 spiro atoms. The van der Waals surface area contributed by atoms with Crippen LogP contribution in [0.15, 0.2) is 34.0 Å². The van der Waals surface area contributed by atoms with Gasteiger partial charge in [-0.05, 0) is 25.8 Å². The van der Waals surface area contributed by atoms with E-state index in [0.717, 1.165) is 17.4 Å². The van der Waals surface area contributed by atoms with Crippen molar-refractivity contribution < 1.29 is 19.0 Å². The number of rotatable bonds is 5. The van der Waals surface area contributed by atoms with E-state index >= 15 is 0 Å². The van der Waals surface area contributed by atoms with E-state index in [9.17, 15) is 9.90 Å². The van der Waals surface area contributed by atoms with Gasteiger partial charge in [-0.3, -0.25) is 0 Å². The summed E-state index contributed by atoms with van der Waals surface area (Å²) in [6, 6.07) is 3.30. The zero-order valence-corrected chi connectivity index (χ0v) is 15.7. The quantitative estimate of drug-likeness (QED) is 0.642. The minimum absolute atomic E-state index is 0.121. The summed E-state index contributed by atoms with van der Waals surface area (Å²) < 4.78 is 17.6. The Morgan fingerprint density at radius 1 is 1.38 bits per heavy atom. The third-order valence-corrected chi connectivity index (χ3v) is 5.07. The lowest BCUT2D eigenvalue weighted by atomic mass is 9.87. The summed E-state index contributed by atoms with van der Waals surface area (Å²) in [7, 11) is 0. The molecule has 0 saturated heterocycles. The molecular weight excluding hydrogens is 332 g/mol. The van der Waals surface area contributed by atoms with Crippen molar-refractivity contribution in [2.24, 2.45) is 5.92 Å². The van der Waals surface area contributed by atoms with Crippen LogP contribution in [0.3, 0.4) is 0 Å². The van der Waals surface area contributed by atoms with Crippen LogP contribution in [0, 0.1) is 5.92 Å². The van der Waals surface area contributed by atoms with E-state index in [2.05, 4.69) is 6.58 Å². The zero-order chi connectivity index (χ0) is 19.0. The minimum atomic E-state index is -0.776. The number of aliphatic hydroxyl groups is 1. The fraction of sp³-hybridized carbons (Fsp3) is 0.476. The highest BCUT2D eigenvalue weighted by atomic mass is 16.5. The second-order valence-corrected chi connectivity index (χ2v) is 7.02. The van der Waals surface area contributed by atoms with Crippen molar-refractivity contribution in [1.82, 2.24) is 0 Å². The van der Waals surface area contributed by atoms with Gasteiger partial charge in [0.2, 0.25) is 0 Å². The first-order valence-corrected chi connectivity index (χ1v) is 9.14. The molecule has 2 aromatic rings. The number of benzene rings is 1. The number of fused-ring (bicyclic) bond motifs is 3. The summed E-state index contributed by atoms with van der Waals surface area (Å²) in [5, 5.41) is 11.6. The lowest BCUT2D eigenvalue weighted by Crippen LogP contribution is -2.32. The Labute approximate surface area is 153 Å². The van der Waals surface area contributed by atoms with Crippen molar-refractivity contribution in [1.29, 1.82) is 0 Å². The van der Waals surface area contributed by atoms with Gasteiger partial charge in [-0.25, -0.2) is 4.79 Å². The number of aryl methyl sites for hydroxylation is 1. The molecule has 0 amide bonds. The monoisotopic (exact) mass is 358 g/mol. The second-order valence-electron chi connectivity index (χ2n) is 7.02. The van der Waals surface area contributed by atoms with Gasteiger partial charge in [0.15, 0.2) is 5.58 Å². The molecule has 4 atom stereocenters. The van der Waals surface area contributed by atoms with E-state index in [1.807, 2.05) is 27.7 Å². The molecule has 1 unspecified atom stereocenters. The van der Waals surface area contributed by atoms with E-state index in [1.165, 1.54) is 6.07 Å². The molecule has 0 aliphatic carbocycles. The molecule has 1 N–H and O–H groups in total. The van der Waals surface area contributed by atoms with Crippen LogP contribution in [0.25, 0.3) is 11.0 Å². The van der Waals surface area contributed by atoms with Crippen molar-refractivity contribution in [3.8, 4) is 11.5 Å². The van der Waals surface area contributed by atoms with Crippen LogP contribution in [-0.4, -0.2) is 17.3 Å². The molecule has 3 rings (SSSR count). The van der Waals surface area contributed by atoms with Gasteiger partial charge < -0.3 is 19.0 Å². The summed E-state index contributed by atoms with van der Waals surface area (Å²) in [5.41, 5.74) is 1.30. The maximum atomic E-state index is 12.2. The fourth-order valence-corrected chi connectivity index (χ4v) is 3.39. The van der Waals surface area contributed by atoms with E-state index in [0.29, 0.717) is 29.1 Å². The maximum absolute atomic E-state index is 12.2. The molecule has 0 saturated carbocycles. The van der Waals surface area contributed by atoms with Crippen LogP contribution < -0.4 is 15.1 Å². The highest BCUT2D eigenvalue weighted by Gasteiger charge is 2.36. The molecule has 0 fully saturated rings. The molecule has 0 radical (unpaired) electrons. The van der Waals surface area contributed by atoms with Gasteiger partial charge in [-0.1, -0.05) is 32.9 Å². The largest absolute Gasteiger partial charge is 0.490 e. The Morgan fingerprint density at radius 3 is 2.77 bits per heavy atom. The molecule has 1 aromatic carbocycles. The second kappa shape index (κ2) is 7.16. The Morgan fingerprint density at radius 2 is 2.12 bits per heavy atom. The van der Waals surface area contributed by atoms with Crippen LogP contribution in [0.2, 0.25) is 0 Å². The lowest BCUT2D eigenvalue weighted by molar-refractivity contribution is 0.0177. The van der Waals surface area contributed by atoms with Crippen molar-refractivity contribution >= 4 is 11.0 Å². The molecule has 5 heteroatoms. The Bertz CT molecular complexity index is 882. The van der Waals surface area contributed by atoms with E-state index < -0.39 is 11.7 Å². The van der Waals surface area contributed by atoms with Crippen LogP contribution in [0.1, 0.15) is 51.3 Å². The van der Waals surface area contributed by atoms with Gasteiger partial charge in [-0.2, -0.15) is 0 Å². The molecule has 0 bridgehead atoms. The predicted molar refractivity (Wildman–Crippen MR) is 101 cm³/mol. The normalized spacial score (nSPS) is 23.2. The first-order chi connectivity index (χ1) is 12.4. The molecule has 1 aromatic heterocycles. The molecule has 1 aliphatic rings. The summed E-state index contributed by atoms with van der Waals surface area (Å²) in [6.45, 7) is 11.5. The van der Waals surface area contributed by atoms with Crippen LogP contribution in [0.5, 0.6) is 11.5 Å². The lowest BCUT2D eigenvalue weighted by Gasteiger charge is -2.34. The first kappa shape index (κ1) is 18.5. The summed E-state index contributed by atoms with van der Waals surface area (Å²) >= 11 is 0. The number of hydrogen-bond donors (Lipinski definition) is 1. The fourth-order valence-electron chi connectivity index (χ4n) is 3.39. The van der Waals surface area contributed by atoms with Crippen LogP contribution in [0.4, 0.5) is 0 Å².